The smallest absolute Gasteiger partial charge is 0.243 e. The molecule has 22 nitrogen and oxygen atoms in total. The van der Waals surface area contributed by atoms with Crippen molar-refractivity contribution in [2.24, 2.45) is 27.9 Å². The van der Waals surface area contributed by atoms with Gasteiger partial charge in [-0.3, -0.25) is 48.1 Å². The maximum atomic E-state index is 14.6. The van der Waals surface area contributed by atoms with Crippen LogP contribution in [0.15, 0.2) is 96.1 Å². The molecule has 1 saturated heterocycles. The van der Waals surface area contributed by atoms with Crippen molar-refractivity contribution in [1.29, 1.82) is 0 Å². The molecule has 0 radical (unpaired) electrons. The molecule has 22 heteroatoms. The van der Waals surface area contributed by atoms with Gasteiger partial charge in [0.15, 0.2) is 5.96 Å². The van der Waals surface area contributed by atoms with Crippen molar-refractivity contribution in [3.05, 3.63) is 108 Å². The lowest BCUT2D eigenvalue weighted by atomic mass is 10.0. The van der Waals surface area contributed by atoms with E-state index >= 15 is 0 Å². The molecule has 69 heavy (non-hydrogen) atoms. The number of nitrogens with zero attached hydrogens (tertiary/aromatic N) is 1. The molecule has 0 spiro atoms. The number of nitrogens with two attached hydrogens (primary N) is 4. The Hall–Kier alpha value is -8.30. The molecule has 16 N–H and O–H groups in total. The molecule has 1 aromatic heterocycles. The molecule has 0 saturated carbocycles. The van der Waals surface area contributed by atoms with Crippen LogP contribution < -0.4 is 60.2 Å². The predicted molar refractivity (Wildman–Crippen MR) is 254 cm³/mol. The average molecular weight is 950 g/mol. The first-order valence-electron chi connectivity index (χ1n) is 22.3. The highest BCUT2D eigenvalue weighted by molar-refractivity contribution is 5.99. The highest BCUT2D eigenvalue weighted by Crippen LogP contribution is 2.20. The van der Waals surface area contributed by atoms with E-state index < -0.39 is 108 Å². The maximum absolute atomic E-state index is 14.6. The van der Waals surface area contributed by atoms with E-state index in [2.05, 4.69) is 47.2 Å². The van der Waals surface area contributed by atoms with Crippen LogP contribution in [0.2, 0.25) is 0 Å². The normalized spacial score (nSPS) is 22.6. The summed E-state index contributed by atoms with van der Waals surface area (Å²) in [5.41, 5.74) is 24.8. The first-order chi connectivity index (χ1) is 33.0. The fourth-order valence-electron chi connectivity index (χ4n) is 7.62. The summed E-state index contributed by atoms with van der Waals surface area (Å²) in [6, 6.07) is 14.4. The quantitative estimate of drug-likeness (QED) is 0.0388. The van der Waals surface area contributed by atoms with Gasteiger partial charge in [0.2, 0.25) is 53.2 Å². The largest absolute Gasteiger partial charge is 0.370 e. The van der Waals surface area contributed by atoms with E-state index in [1.54, 1.807) is 72.9 Å². The van der Waals surface area contributed by atoms with E-state index in [4.69, 9.17) is 22.9 Å². The molecule has 1 aliphatic heterocycles. The Kier molecular flexibility index (Phi) is 18.7. The van der Waals surface area contributed by atoms with Crippen LogP contribution in [0.25, 0.3) is 10.9 Å². The summed E-state index contributed by atoms with van der Waals surface area (Å²) < 4.78 is 0. The van der Waals surface area contributed by atoms with Crippen molar-refractivity contribution in [1.82, 2.24) is 42.2 Å². The van der Waals surface area contributed by atoms with Crippen LogP contribution in [0.4, 0.5) is 0 Å². The zero-order chi connectivity index (χ0) is 50.0. The highest BCUT2D eigenvalue weighted by atomic mass is 16.2. The summed E-state index contributed by atoms with van der Waals surface area (Å²) in [7, 11) is 0. The van der Waals surface area contributed by atoms with Gasteiger partial charge in [0.1, 0.15) is 42.3 Å². The number of rotatable bonds is 13. The molecule has 5 rings (SSSR count). The number of carbonyl (C=O) groups excluding carboxylic acids is 9. The van der Waals surface area contributed by atoms with Crippen LogP contribution in [0, 0.1) is 0 Å². The van der Waals surface area contributed by atoms with Gasteiger partial charge in [-0.1, -0.05) is 78.9 Å². The minimum atomic E-state index is -1.66. The number of H-pyrrole nitrogens is 1. The first kappa shape index (κ1) is 51.7. The zero-order valence-corrected chi connectivity index (χ0v) is 38.0. The molecule has 7 atom stereocenters. The molecular weight excluding hydrogens is 891 g/mol. The van der Waals surface area contributed by atoms with Crippen LogP contribution in [0.1, 0.15) is 55.7 Å². The number of hydrogen-bond acceptors (Lipinski definition) is 10. The summed E-state index contributed by atoms with van der Waals surface area (Å²) in [5, 5.41) is 18.9. The zero-order valence-electron chi connectivity index (χ0n) is 38.0. The number of nitrogens with one attached hydrogen (secondary N) is 8. The number of para-hydroxylation sites is 1. The van der Waals surface area contributed by atoms with Crippen LogP contribution >= 0.6 is 0 Å². The molecule has 0 bridgehead atoms. The molecule has 3 aromatic carbocycles. The molecule has 0 aliphatic carbocycles. The first-order valence-corrected chi connectivity index (χ1v) is 22.3. The number of guanidine groups is 1. The van der Waals surface area contributed by atoms with E-state index in [0.29, 0.717) is 16.7 Å². The average Bonchev–Trinajstić information content (AvgIpc) is 3.72. The lowest BCUT2D eigenvalue weighted by Crippen LogP contribution is -2.60. The Morgan fingerprint density at radius 2 is 1.09 bits per heavy atom. The van der Waals surface area contributed by atoms with E-state index in [-0.39, 0.29) is 51.0 Å². The van der Waals surface area contributed by atoms with E-state index in [9.17, 15) is 43.2 Å². The van der Waals surface area contributed by atoms with Crippen molar-refractivity contribution in [2.45, 2.75) is 101 Å². The van der Waals surface area contributed by atoms with Gasteiger partial charge >= 0.3 is 0 Å². The number of hydrogen-bond donors (Lipinski definition) is 12. The highest BCUT2D eigenvalue weighted by Gasteiger charge is 2.35. The molecule has 0 unspecified atom stereocenters. The van der Waals surface area contributed by atoms with Crippen LogP contribution in [0.5, 0.6) is 0 Å². The van der Waals surface area contributed by atoms with E-state index in [1.807, 2.05) is 18.2 Å². The number of aromatic amines is 1. The number of aliphatic imine (C=N–C) groups is 1. The van der Waals surface area contributed by atoms with Gasteiger partial charge in [-0.2, -0.15) is 0 Å². The molecular formula is C47H59N13O9. The predicted octanol–water partition coefficient (Wildman–Crippen LogP) is -2.18. The van der Waals surface area contributed by atoms with Gasteiger partial charge in [-0.15, -0.1) is 0 Å². The van der Waals surface area contributed by atoms with Crippen molar-refractivity contribution in [2.75, 3.05) is 6.54 Å². The van der Waals surface area contributed by atoms with Crippen molar-refractivity contribution < 1.29 is 43.2 Å². The molecule has 1 aliphatic rings. The fraction of sp³-hybridized carbons (Fsp3) is 0.362. The molecule has 2 heterocycles. The summed E-state index contributed by atoms with van der Waals surface area (Å²) >= 11 is 0. The standard InChI is InChI=1S/C47H59N13O9/c1-26-41(64)57-34(21-27-11-4-2-5-12-27)44(67)56-32(40(49)63)18-19-39(62)55-33(17-10-20-52-47(50)51)42(65)59-36(23-29-25-53-31-16-9-8-15-30(29)31)46(69)58-35(22-28-13-6-3-7-14-28)45(68)60-37(24-38(48)61)43(66)54-26/h2-9,11-16,25-26,32-37,53H,10,17-24H2,1H3,(H2,48,61)(H2,49,63)(H,54,66)(H,55,62)(H,56,67)(H,57,64)(H,58,69)(H,59,65)(H,60,68)(H4,50,51,52)/t26-,32-,33-,34-,35-,36-,37+/m0/s1. The van der Waals surface area contributed by atoms with Crippen molar-refractivity contribution in [3.63, 3.8) is 0 Å². The van der Waals surface area contributed by atoms with Gasteiger partial charge in [-0.25, -0.2) is 0 Å². The van der Waals surface area contributed by atoms with Gasteiger partial charge in [-0.05, 0) is 48.9 Å². The van der Waals surface area contributed by atoms with Gasteiger partial charge in [0.25, 0.3) is 0 Å². The summed E-state index contributed by atoms with van der Waals surface area (Å²) in [6.45, 7) is 1.37. The SMILES string of the molecule is C[C@@H]1NC(=O)[C@@H](CC(N)=O)NC(=O)[C@H](Cc2ccccc2)NC(=O)[C@H](Cc2c[nH]c3ccccc23)NC(=O)[C@H](CCCN=C(N)N)NC(=O)CC[C@@H](C(N)=O)NC(=O)[C@H](Cc2ccccc2)NC1=O. The van der Waals surface area contributed by atoms with E-state index in [0.717, 1.165) is 10.9 Å². The third-order valence-electron chi connectivity index (χ3n) is 11.3. The summed E-state index contributed by atoms with van der Waals surface area (Å²) in [6.07, 6.45) is 0.0123. The lowest BCUT2D eigenvalue weighted by molar-refractivity contribution is -0.136. The lowest BCUT2D eigenvalue weighted by Gasteiger charge is -2.27. The Morgan fingerprint density at radius 3 is 1.67 bits per heavy atom. The van der Waals surface area contributed by atoms with Crippen LogP contribution in [-0.4, -0.2) is 113 Å². The number of amides is 9. The monoisotopic (exact) mass is 949 g/mol. The third kappa shape index (κ3) is 15.9. The number of aromatic nitrogens is 1. The molecule has 366 valence electrons. The third-order valence-corrected chi connectivity index (χ3v) is 11.3. The Morgan fingerprint density at radius 1 is 0.580 bits per heavy atom. The van der Waals surface area contributed by atoms with Gasteiger partial charge < -0.3 is 65.1 Å². The van der Waals surface area contributed by atoms with Crippen molar-refractivity contribution in [3.8, 4) is 0 Å². The van der Waals surface area contributed by atoms with Crippen LogP contribution in [-0.2, 0) is 62.4 Å². The number of carbonyl (C=O) groups is 9. The Labute approximate surface area is 397 Å². The minimum Gasteiger partial charge on any atom is -0.370 e. The van der Waals surface area contributed by atoms with Gasteiger partial charge in [0, 0.05) is 49.3 Å². The summed E-state index contributed by atoms with van der Waals surface area (Å²) in [4.78, 5) is 131. The van der Waals surface area contributed by atoms with Crippen LogP contribution in [0.3, 0.4) is 0 Å². The second kappa shape index (κ2) is 25.0. The maximum Gasteiger partial charge on any atom is 0.243 e. The topological polar surface area (TPSA) is 370 Å². The summed E-state index contributed by atoms with van der Waals surface area (Å²) in [5.74, 6) is -8.20. The van der Waals surface area contributed by atoms with Gasteiger partial charge in [0.05, 0.1) is 6.42 Å². The number of benzene rings is 3. The molecule has 9 amide bonds. The Balaban J connectivity index is 1.55. The fourth-order valence-corrected chi connectivity index (χ4v) is 7.62. The number of fused-ring (bicyclic) bond motifs is 1. The second-order valence-electron chi connectivity index (χ2n) is 16.7. The minimum absolute atomic E-state index is 0.0343. The van der Waals surface area contributed by atoms with Crippen molar-refractivity contribution >= 4 is 70.0 Å². The molecule has 1 fully saturated rings. The second-order valence-corrected chi connectivity index (χ2v) is 16.7. The Bertz CT molecular complexity index is 2510. The van der Waals surface area contributed by atoms with E-state index in [1.165, 1.54) is 6.92 Å². The molecule has 4 aromatic rings. The number of primary amides is 2.